The van der Waals surface area contributed by atoms with Crippen LogP contribution in [-0.2, 0) is 17.8 Å². The van der Waals surface area contributed by atoms with Crippen molar-refractivity contribution >= 4 is 45.8 Å². The third-order valence-corrected chi connectivity index (χ3v) is 7.25. The number of benzene rings is 3. The van der Waals surface area contributed by atoms with Crippen molar-refractivity contribution in [3.8, 4) is 0 Å². The number of rotatable bonds is 6. The normalized spacial score (nSPS) is 13.1. The van der Waals surface area contributed by atoms with Crippen molar-refractivity contribution in [2.45, 2.75) is 24.5 Å². The van der Waals surface area contributed by atoms with E-state index in [9.17, 15) is 14.4 Å². The molecule has 5 aromatic rings. The summed E-state index contributed by atoms with van der Waals surface area (Å²) in [6.07, 6.45) is 1.04. The van der Waals surface area contributed by atoms with Crippen LogP contribution in [0.5, 0.6) is 0 Å². The van der Waals surface area contributed by atoms with Gasteiger partial charge in [0.15, 0.2) is 10.9 Å². The highest BCUT2D eigenvalue weighted by Gasteiger charge is 2.20. The molecule has 0 fully saturated rings. The number of nitrogens with one attached hydrogen (secondary N) is 1. The van der Waals surface area contributed by atoms with Crippen LogP contribution in [0, 0.1) is 0 Å². The first kappa shape index (κ1) is 22.2. The Morgan fingerprint density at radius 1 is 0.944 bits per heavy atom. The number of Topliss-reactive ketones (excluding diaryl/α,β-unsaturated/α-hetero) is 1. The molecule has 2 aromatic heterocycles. The number of aryl methyl sites for hydroxylation is 1. The average molecular weight is 496 g/mol. The minimum absolute atomic E-state index is 0.00576. The van der Waals surface area contributed by atoms with E-state index in [1.807, 2.05) is 59.0 Å². The van der Waals surface area contributed by atoms with Crippen LogP contribution in [0.4, 0.5) is 5.69 Å². The average Bonchev–Trinajstić information content (AvgIpc) is 3.34. The Morgan fingerprint density at radius 2 is 1.75 bits per heavy atom. The molecule has 178 valence electrons. The molecular formula is C27H21N5O3S. The Morgan fingerprint density at radius 3 is 2.61 bits per heavy atom. The molecule has 0 atom stereocenters. The van der Waals surface area contributed by atoms with Crippen molar-refractivity contribution in [2.75, 3.05) is 11.1 Å². The summed E-state index contributed by atoms with van der Waals surface area (Å²) in [6.45, 7) is 0.363. The second-order valence-corrected chi connectivity index (χ2v) is 9.59. The van der Waals surface area contributed by atoms with E-state index in [-0.39, 0.29) is 23.0 Å². The topological polar surface area (TPSA) is 98.4 Å². The molecule has 0 spiro atoms. The van der Waals surface area contributed by atoms with Gasteiger partial charge in [-0.1, -0.05) is 54.2 Å². The molecular weight excluding hydrogens is 474 g/mol. The van der Waals surface area contributed by atoms with Gasteiger partial charge in [0.25, 0.3) is 5.56 Å². The summed E-state index contributed by atoms with van der Waals surface area (Å²) in [7, 11) is 0. The summed E-state index contributed by atoms with van der Waals surface area (Å²) < 4.78 is 3.47. The fraction of sp³-hybridized carbons (Fsp3) is 0.148. The maximum absolute atomic E-state index is 13.3. The first-order chi connectivity index (χ1) is 17.6. The zero-order valence-corrected chi connectivity index (χ0v) is 20.0. The molecule has 3 heterocycles. The van der Waals surface area contributed by atoms with E-state index < -0.39 is 0 Å². The lowest BCUT2D eigenvalue weighted by molar-refractivity contribution is -0.116. The maximum atomic E-state index is 13.3. The summed E-state index contributed by atoms with van der Waals surface area (Å²) in [5.74, 6) is 0.548. The van der Waals surface area contributed by atoms with Crippen LogP contribution in [-0.4, -0.2) is 36.6 Å². The minimum atomic E-state index is -0.136. The van der Waals surface area contributed by atoms with Crippen molar-refractivity contribution in [3.63, 3.8) is 0 Å². The van der Waals surface area contributed by atoms with E-state index in [2.05, 4.69) is 15.5 Å². The molecule has 8 nitrogen and oxygen atoms in total. The number of aromatic nitrogens is 4. The standard InChI is InChI=1S/C27H21N5O3S/c33-23(19-10-12-21-18(14-19)11-13-24(34)28-21)16-36-27-30-29-26-31(15-17-6-2-1-3-7-17)25(35)20-8-4-5-9-22(20)32(26)27/h1-10,12,14H,11,13,15-16H2,(H,28,34). The molecule has 6 rings (SSSR count). The van der Waals surface area contributed by atoms with Crippen molar-refractivity contribution in [1.29, 1.82) is 0 Å². The Hall–Kier alpha value is -4.24. The number of para-hydroxylation sites is 1. The number of carbonyl (C=O) groups is 2. The quantitative estimate of drug-likeness (QED) is 0.283. The first-order valence-electron chi connectivity index (χ1n) is 11.6. The number of hydrogen-bond donors (Lipinski definition) is 1. The second kappa shape index (κ2) is 9.09. The van der Waals surface area contributed by atoms with E-state index in [0.29, 0.717) is 46.8 Å². The highest BCUT2D eigenvalue weighted by Crippen LogP contribution is 2.26. The summed E-state index contributed by atoms with van der Waals surface area (Å²) in [4.78, 5) is 38.0. The molecule has 0 bridgehead atoms. The zero-order chi connectivity index (χ0) is 24.6. The van der Waals surface area contributed by atoms with Gasteiger partial charge in [-0.15, -0.1) is 10.2 Å². The van der Waals surface area contributed by atoms with E-state index in [4.69, 9.17) is 0 Å². The second-order valence-electron chi connectivity index (χ2n) is 8.64. The van der Waals surface area contributed by atoms with Crippen molar-refractivity contribution in [3.05, 3.63) is 99.8 Å². The van der Waals surface area contributed by atoms with Gasteiger partial charge in [-0.2, -0.15) is 0 Å². The molecule has 1 aliphatic heterocycles. The molecule has 1 N–H and O–H groups in total. The molecule has 0 aliphatic carbocycles. The van der Waals surface area contributed by atoms with Crippen molar-refractivity contribution < 1.29 is 9.59 Å². The Bertz CT molecular complexity index is 1710. The highest BCUT2D eigenvalue weighted by molar-refractivity contribution is 7.99. The fourth-order valence-electron chi connectivity index (χ4n) is 4.51. The smallest absolute Gasteiger partial charge is 0.263 e. The molecule has 1 amide bonds. The molecule has 0 saturated heterocycles. The Kier molecular flexibility index (Phi) is 5.61. The predicted molar refractivity (Wildman–Crippen MR) is 139 cm³/mol. The van der Waals surface area contributed by atoms with Gasteiger partial charge in [-0.05, 0) is 47.9 Å². The maximum Gasteiger partial charge on any atom is 0.263 e. The van der Waals surface area contributed by atoms with Crippen LogP contribution in [0.1, 0.15) is 27.9 Å². The van der Waals surface area contributed by atoms with Gasteiger partial charge in [0.05, 0.1) is 23.2 Å². The molecule has 0 unspecified atom stereocenters. The van der Waals surface area contributed by atoms with Gasteiger partial charge in [-0.25, -0.2) is 0 Å². The molecule has 3 aromatic carbocycles. The summed E-state index contributed by atoms with van der Waals surface area (Å²) >= 11 is 1.29. The third-order valence-electron chi connectivity index (χ3n) is 6.32. The Labute approximate surface area is 210 Å². The lowest BCUT2D eigenvalue weighted by Gasteiger charge is -2.17. The molecule has 0 saturated carbocycles. The van der Waals surface area contributed by atoms with Crippen LogP contribution in [0.2, 0.25) is 0 Å². The third kappa shape index (κ3) is 3.97. The van der Waals surface area contributed by atoms with Gasteiger partial charge >= 0.3 is 0 Å². The fourth-order valence-corrected chi connectivity index (χ4v) is 5.34. The van der Waals surface area contributed by atoms with Gasteiger partial charge in [0, 0.05) is 17.7 Å². The van der Waals surface area contributed by atoms with E-state index in [1.54, 1.807) is 22.8 Å². The number of fused-ring (bicyclic) bond motifs is 4. The molecule has 0 radical (unpaired) electrons. The van der Waals surface area contributed by atoms with E-state index in [0.717, 1.165) is 16.8 Å². The van der Waals surface area contributed by atoms with Gasteiger partial charge in [0.2, 0.25) is 11.7 Å². The lowest BCUT2D eigenvalue weighted by atomic mass is 9.99. The van der Waals surface area contributed by atoms with Gasteiger partial charge < -0.3 is 5.32 Å². The monoisotopic (exact) mass is 495 g/mol. The largest absolute Gasteiger partial charge is 0.326 e. The molecule has 36 heavy (non-hydrogen) atoms. The van der Waals surface area contributed by atoms with Crippen molar-refractivity contribution in [1.82, 2.24) is 19.2 Å². The summed E-state index contributed by atoms with van der Waals surface area (Å²) in [5.41, 5.74) is 3.87. The summed E-state index contributed by atoms with van der Waals surface area (Å²) in [5, 5.41) is 12.6. The summed E-state index contributed by atoms with van der Waals surface area (Å²) in [6, 6.07) is 22.5. The lowest BCUT2D eigenvalue weighted by Crippen LogP contribution is -2.24. The Balaban J connectivity index is 1.34. The van der Waals surface area contributed by atoms with Crippen LogP contribution in [0.25, 0.3) is 16.7 Å². The van der Waals surface area contributed by atoms with Crippen LogP contribution in [0.3, 0.4) is 0 Å². The zero-order valence-electron chi connectivity index (χ0n) is 19.2. The number of anilines is 1. The number of thioether (sulfide) groups is 1. The molecule has 9 heteroatoms. The predicted octanol–water partition coefficient (Wildman–Crippen LogP) is 3.95. The number of nitrogens with zero attached hydrogens (tertiary/aromatic N) is 4. The van der Waals surface area contributed by atoms with Crippen LogP contribution in [0.15, 0.2) is 82.7 Å². The molecule has 1 aliphatic rings. The number of amides is 1. The van der Waals surface area contributed by atoms with Gasteiger partial charge in [-0.3, -0.25) is 23.4 Å². The number of ketones is 1. The number of carbonyl (C=O) groups excluding carboxylic acids is 2. The van der Waals surface area contributed by atoms with Crippen LogP contribution < -0.4 is 10.9 Å². The minimum Gasteiger partial charge on any atom is -0.326 e. The highest BCUT2D eigenvalue weighted by atomic mass is 32.2. The van der Waals surface area contributed by atoms with Crippen molar-refractivity contribution in [2.24, 2.45) is 0 Å². The van der Waals surface area contributed by atoms with Crippen LogP contribution >= 0.6 is 11.8 Å². The first-order valence-corrected chi connectivity index (χ1v) is 12.6. The van der Waals surface area contributed by atoms with E-state index in [1.165, 1.54) is 11.8 Å². The number of hydrogen-bond acceptors (Lipinski definition) is 6. The van der Waals surface area contributed by atoms with E-state index >= 15 is 0 Å². The van der Waals surface area contributed by atoms with Gasteiger partial charge in [0.1, 0.15) is 0 Å². The SMILES string of the molecule is O=C1CCc2cc(C(=O)CSc3nnc4n(Cc5ccccc5)c(=O)c5ccccc5n34)ccc2N1.